The van der Waals surface area contributed by atoms with Crippen molar-refractivity contribution in [2.45, 2.75) is 83.1 Å². The smallest absolute Gasteiger partial charge is 0.305 e. The minimum absolute atomic E-state index is 0.0123. The summed E-state index contributed by atoms with van der Waals surface area (Å²) >= 11 is 0. The molecule has 5 rings (SSSR count). The molecule has 0 radical (unpaired) electrons. The first kappa shape index (κ1) is 26.2. The van der Waals surface area contributed by atoms with Gasteiger partial charge < -0.3 is 21.5 Å². The maximum atomic E-state index is 12.7. The Morgan fingerprint density at radius 3 is 2.19 bits per heavy atom. The Kier molecular flexibility index (Phi) is 8.32. The molecule has 0 heterocycles. The molecule has 4 fully saturated rings. The van der Waals surface area contributed by atoms with Crippen LogP contribution in [0.4, 0.5) is 0 Å². The maximum Gasteiger partial charge on any atom is 0.305 e. The predicted molar refractivity (Wildman–Crippen MR) is 137 cm³/mol. The third-order valence-electron chi connectivity index (χ3n) is 8.51. The van der Waals surface area contributed by atoms with Crippen LogP contribution in [0.1, 0.15) is 81.8 Å². The Bertz CT molecular complexity index is 939. The lowest BCUT2D eigenvalue weighted by Gasteiger charge is -2.57. The highest BCUT2D eigenvalue weighted by molar-refractivity contribution is 5.95. The topological polar surface area (TPSA) is 145 Å². The molecular formula is C28H40N4O4. The first-order chi connectivity index (χ1) is 17.2. The molecule has 0 aromatic heterocycles. The third-order valence-corrected chi connectivity index (χ3v) is 8.51. The number of amidine groups is 1. The first-order valence-electron chi connectivity index (χ1n) is 13.4. The van der Waals surface area contributed by atoms with Crippen molar-refractivity contribution < 1.29 is 19.5 Å². The van der Waals surface area contributed by atoms with Gasteiger partial charge in [-0.25, -0.2) is 0 Å². The van der Waals surface area contributed by atoms with Gasteiger partial charge in [-0.15, -0.1) is 0 Å². The normalized spacial score (nSPS) is 26.8. The van der Waals surface area contributed by atoms with Crippen LogP contribution in [0.25, 0.3) is 0 Å². The van der Waals surface area contributed by atoms with Crippen LogP contribution >= 0.6 is 0 Å². The molecule has 0 spiro atoms. The fourth-order valence-corrected chi connectivity index (χ4v) is 7.34. The maximum absolute atomic E-state index is 12.7. The van der Waals surface area contributed by atoms with Gasteiger partial charge in [-0.05, 0) is 86.5 Å². The number of nitrogen functional groups attached to an aromatic ring is 1. The van der Waals surface area contributed by atoms with E-state index in [9.17, 15) is 19.5 Å². The Morgan fingerprint density at radius 2 is 1.64 bits per heavy atom. The van der Waals surface area contributed by atoms with Crippen molar-refractivity contribution in [2.75, 3.05) is 6.54 Å². The zero-order chi connectivity index (χ0) is 25.7. The van der Waals surface area contributed by atoms with E-state index in [0.717, 1.165) is 29.7 Å². The average Bonchev–Trinajstić information content (AvgIpc) is 2.79. The number of amides is 2. The Balaban J connectivity index is 1.17. The summed E-state index contributed by atoms with van der Waals surface area (Å²) in [6.45, 7) is 0.420. The summed E-state index contributed by atoms with van der Waals surface area (Å²) in [5.41, 5.74) is 7.23. The molecule has 4 bridgehead atoms. The van der Waals surface area contributed by atoms with Crippen molar-refractivity contribution in [3.63, 3.8) is 0 Å². The molecular weight excluding hydrogens is 456 g/mol. The molecule has 4 aliphatic rings. The first-order valence-corrected chi connectivity index (χ1v) is 13.4. The third kappa shape index (κ3) is 7.08. The van der Waals surface area contributed by atoms with Gasteiger partial charge in [-0.3, -0.25) is 19.8 Å². The number of carbonyl (C=O) groups is 3. The number of nitrogens with two attached hydrogens (primary N) is 1. The van der Waals surface area contributed by atoms with Gasteiger partial charge in [-0.1, -0.05) is 24.3 Å². The van der Waals surface area contributed by atoms with Gasteiger partial charge in [0, 0.05) is 24.6 Å². The number of carboxylic acids is 1. The number of hydrogen-bond donors (Lipinski definition) is 5. The Morgan fingerprint density at radius 1 is 1.03 bits per heavy atom. The van der Waals surface area contributed by atoms with Crippen LogP contribution in [0.2, 0.25) is 0 Å². The van der Waals surface area contributed by atoms with Crippen LogP contribution in [0.3, 0.4) is 0 Å². The van der Waals surface area contributed by atoms with Crippen LogP contribution in [-0.4, -0.2) is 41.3 Å². The van der Waals surface area contributed by atoms with E-state index < -0.39 is 12.0 Å². The molecule has 36 heavy (non-hydrogen) atoms. The second-order valence-electron chi connectivity index (χ2n) is 11.6. The molecule has 196 valence electrons. The van der Waals surface area contributed by atoms with E-state index in [1.165, 1.54) is 38.5 Å². The summed E-state index contributed by atoms with van der Waals surface area (Å²) in [5.74, 6) is 1.45. The Labute approximate surface area is 213 Å². The SMILES string of the molecule is N=C(N)c1ccc(CC(=O)NCCC[C@@H](CC(=O)O)NC(=O)CCC23CC4CC(CC(C4)C2)C3)cc1. The van der Waals surface area contributed by atoms with Gasteiger partial charge in [-0.2, -0.15) is 0 Å². The van der Waals surface area contributed by atoms with Crippen LogP contribution < -0.4 is 16.4 Å². The van der Waals surface area contributed by atoms with Crippen molar-refractivity contribution in [3.8, 4) is 0 Å². The molecule has 1 aromatic carbocycles. The van der Waals surface area contributed by atoms with E-state index >= 15 is 0 Å². The van der Waals surface area contributed by atoms with Gasteiger partial charge >= 0.3 is 5.97 Å². The molecule has 2 amide bonds. The minimum Gasteiger partial charge on any atom is -0.481 e. The molecule has 4 saturated carbocycles. The zero-order valence-electron chi connectivity index (χ0n) is 21.1. The molecule has 0 aliphatic heterocycles. The highest BCUT2D eigenvalue weighted by Crippen LogP contribution is 2.61. The lowest BCUT2D eigenvalue weighted by Crippen LogP contribution is -2.46. The molecule has 1 atom stereocenters. The molecule has 6 N–H and O–H groups in total. The second kappa shape index (κ2) is 11.4. The predicted octanol–water partition coefficient (Wildman–Crippen LogP) is 3.37. The van der Waals surface area contributed by atoms with E-state index in [4.69, 9.17) is 11.1 Å². The van der Waals surface area contributed by atoms with Gasteiger partial charge in [0.2, 0.25) is 11.8 Å². The monoisotopic (exact) mass is 496 g/mol. The molecule has 4 aliphatic carbocycles. The summed E-state index contributed by atoms with van der Waals surface area (Å²) in [5, 5.41) is 22.5. The largest absolute Gasteiger partial charge is 0.481 e. The number of carbonyl (C=O) groups excluding carboxylic acids is 2. The van der Waals surface area contributed by atoms with Gasteiger partial charge in [0.05, 0.1) is 12.8 Å². The quantitative estimate of drug-likeness (QED) is 0.161. The number of hydrogen-bond acceptors (Lipinski definition) is 4. The number of carboxylic acid groups (broad SMARTS) is 1. The van der Waals surface area contributed by atoms with E-state index in [2.05, 4.69) is 10.6 Å². The van der Waals surface area contributed by atoms with Crippen molar-refractivity contribution >= 4 is 23.6 Å². The molecule has 0 saturated heterocycles. The molecule has 1 aromatic rings. The van der Waals surface area contributed by atoms with E-state index in [1.807, 2.05) is 0 Å². The number of rotatable bonds is 13. The number of aliphatic carboxylic acids is 1. The average molecular weight is 497 g/mol. The summed E-state index contributed by atoms with van der Waals surface area (Å²) in [6, 6.07) is 6.55. The number of benzene rings is 1. The van der Waals surface area contributed by atoms with Crippen molar-refractivity contribution in [1.82, 2.24) is 10.6 Å². The highest BCUT2D eigenvalue weighted by atomic mass is 16.4. The van der Waals surface area contributed by atoms with Gasteiger partial charge in [0.1, 0.15) is 5.84 Å². The van der Waals surface area contributed by atoms with Crippen molar-refractivity contribution in [1.29, 1.82) is 5.41 Å². The minimum atomic E-state index is -0.931. The molecule has 8 nitrogen and oxygen atoms in total. The standard InChI is InChI=1S/C28H40N4O4/c29-27(30)22-5-3-18(4-6-22)13-25(34)31-9-1-2-23(14-26(35)36)32-24(33)7-8-28-15-19-10-20(16-28)12-21(11-19)17-28/h3-6,19-21,23H,1-2,7-17H2,(H3,29,30)(H,31,34)(H,32,33)(H,35,36)/t19?,20?,21?,23-,28?/m0/s1. The second-order valence-corrected chi connectivity index (χ2v) is 11.6. The van der Waals surface area contributed by atoms with Gasteiger partial charge in [0.15, 0.2) is 0 Å². The van der Waals surface area contributed by atoms with Crippen molar-refractivity contribution in [2.24, 2.45) is 28.9 Å². The molecule has 0 unspecified atom stereocenters. The summed E-state index contributed by atoms with van der Waals surface area (Å²) in [6.07, 6.45) is 10.6. The van der Waals surface area contributed by atoms with E-state index in [1.54, 1.807) is 24.3 Å². The number of nitrogens with one attached hydrogen (secondary N) is 3. The fourth-order valence-electron chi connectivity index (χ4n) is 7.34. The lowest BCUT2D eigenvalue weighted by atomic mass is 9.48. The highest BCUT2D eigenvalue weighted by Gasteiger charge is 2.50. The lowest BCUT2D eigenvalue weighted by molar-refractivity contribution is -0.138. The van der Waals surface area contributed by atoms with E-state index in [0.29, 0.717) is 36.8 Å². The summed E-state index contributed by atoms with van der Waals surface area (Å²) in [4.78, 5) is 36.3. The van der Waals surface area contributed by atoms with Crippen LogP contribution in [0.5, 0.6) is 0 Å². The Hall–Kier alpha value is -2.90. The van der Waals surface area contributed by atoms with Crippen LogP contribution in [0, 0.1) is 28.6 Å². The van der Waals surface area contributed by atoms with Gasteiger partial charge in [0.25, 0.3) is 0 Å². The fraction of sp³-hybridized carbons (Fsp3) is 0.643. The zero-order valence-corrected chi connectivity index (χ0v) is 21.1. The van der Waals surface area contributed by atoms with Crippen molar-refractivity contribution in [3.05, 3.63) is 35.4 Å². The van der Waals surface area contributed by atoms with E-state index in [-0.39, 0.29) is 30.5 Å². The summed E-state index contributed by atoms with van der Waals surface area (Å²) in [7, 11) is 0. The summed E-state index contributed by atoms with van der Waals surface area (Å²) < 4.78 is 0. The van der Waals surface area contributed by atoms with Crippen LogP contribution in [0.15, 0.2) is 24.3 Å². The molecule has 8 heteroatoms. The van der Waals surface area contributed by atoms with Crippen LogP contribution in [-0.2, 0) is 20.8 Å².